The molecular weight excluding hydrogens is 496 g/mol. The summed E-state index contributed by atoms with van der Waals surface area (Å²) in [7, 11) is 0. The molecule has 5 aromatic carbocycles. The van der Waals surface area contributed by atoms with Crippen molar-refractivity contribution in [3.05, 3.63) is 126 Å². The molecule has 0 aliphatic heterocycles. The van der Waals surface area contributed by atoms with Crippen molar-refractivity contribution in [1.82, 2.24) is 4.98 Å². The summed E-state index contributed by atoms with van der Waals surface area (Å²) < 4.78 is 9.07. The van der Waals surface area contributed by atoms with Crippen molar-refractivity contribution in [2.45, 2.75) is 12.8 Å². The maximum atomic E-state index is 6.49. The summed E-state index contributed by atoms with van der Waals surface area (Å²) in [6.45, 7) is 0. The SMILES string of the molecule is C1=Cc2ccc3oc(N(c4ccc(-c5ccccc5)cc4)c4ccc5sc6ccccc6c5c4)nc3c2CC1. The highest BCUT2D eigenvalue weighted by molar-refractivity contribution is 7.25. The van der Waals surface area contributed by atoms with E-state index in [1.165, 1.54) is 42.4 Å². The fourth-order valence-electron chi connectivity index (χ4n) is 5.66. The van der Waals surface area contributed by atoms with Crippen LogP contribution in [0.5, 0.6) is 0 Å². The van der Waals surface area contributed by atoms with E-state index in [1.807, 2.05) is 23.5 Å². The summed E-state index contributed by atoms with van der Waals surface area (Å²) in [5, 5.41) is 2.52. The monoisotopic (exact) mass is 520 g/mol. The summed E-state index contributed by atoms with van der Waals surface area (Å²) in [5.41, 5.74) is 8.70. The van der Waals surface area contributed by atoms with Gasteiger partial charge in [0.2, 0.25) is 0 Å². The molecule has 1 aliphatic rings. The predicted octanol–water partition coefficient (Wildman–Crippen LogP) is 10.3. The fraction of sp³-hybridized carbons (Fsp3) is 0.0571. The van der Waals surface area contributed by atoms with Crippen molar-refractivity contribution in [1.29, 1.82) is 0 Å². The summed E-state index contributed by atoms with van der Waals surface area (Å²) in [5.74, 6) is 0. The number of hydrogen-bond donors (Lipinski definition) is 0. The van der Waals surface area contributed by atoms with Crippen molar-refractivity contribution in [3.63, 3.8) is 0 Å². The molecule has 2 aromatic heterocycles. The molecule has 3 nitrogen and oxygen atoms in total. The number of anilines is 3. The van der Waals surface area contributed by atoms with Gasteiger partial charge in [0.15, 0.2) is 5.58 Å². The molecule has 39 heavy (non-hydrogen) atoms. The maximum absolute atomic E-state index is 6.49. The minimum atomic E-state index is 0.583. The normalized spacial score (nSPS) is 12.8. The second kappa shape index (κ2) is 8.97. The number of aromatic nitrogens is 1. The van der Waals surface area contributed by atoms with Gasteiger partial charge in [-0.05, 0) is 77.6 Å². The Balaban J connectivity index is 1.32. The summed E-state index contributed by atoms with van der Waals surface area (Å²) in [6.07, 6.45) is 6.44. The first-order valence-electron chi connectivity index (χ1n) is 13.3. The van der Waals surface area contributed by atoms with E-state index in [0.29, 0.717) is 6.01 Å². The first kappa shape index (κ1) is 22.3. The van der Waals surface area contributed by atoms with Crippen molar-refractivity contribution >= 4 is 66.1 Å². The topological polar surface area (TPSA) is 29.3 Å². The molecule has 0 saturated carbocycles. The average molecular weight is 521 g/mol. The Hall–Kier alpha value is -4.67. The largest absolute Gasteiger partial charge is 0.423 e. The lowest BCUT2D eigenvalue weighted by Crippen LogP contribution is -2.10. The number of aryl methyl sites for hydroxylation is 1. The molecular formula is C35H24N2OS. The molecule has 0 radical (unpaired) electrons. The lowest BCUT2D eigenvalue weighted by atomic mass is 9.96. The molecule has 0 unspecified atom stereocenters. The van der Waals surface area contributed by atoms with Gasteiger partial charge in [-0.2, -0.15) is 4.98 Å². The van der Waals surface area contributed by atoms with E-state index in [4.69, 9.17) is 9.40 Å². The van der Waals surface area contributed by atoms with Crippen LogP contribution < -0.4 is 4.90 Å². The highest BCUT2D eigenvalue weighted by Gasteiger charge is 2.22. The highest BCUT2D eigenvalue weighted by atomic mass is 32.1. The number of rotatable bonds is 4. The molecule has 7 aromatic rings. The lowest BCUT2D eigenvalue weighted by Gasteiger charge is -2.21. The van der Waals surface area contributed by atoms with Crippen molar-refractivity contribution in [3.8, 4) is 11.1 Å². The van der Waals surface area contributed by atoms with Crippen LogP contribution in [0.15, 0.2) is 120 Å². The molecule has 0 spiro atoms. The van der Waals surface area contributed by atoms with Gasteiger partial charge >= 0.3 is 6.01 Å². The minimum absolute atomic E-state index is 0.583. The van der Waals surface area contributed by atoms with Gasteiger partial charge in [0, 0.05) is 20.2 Å². The summed E-state index contributed by atoms with van der Waals surface area (Å²) in [4.78, 5) is 7.26. The number of hydrogen-bond acceptors (Lipinski definition) is 4. The average Bonchev–Trinajstić information content (AvgIpc) is 3.60. The number of nitrogens with zero attached hydrogens (tertiary/aromatic N) is 2. The third kappa shape index (κ3) is 3.76. The van der Waals surface area contributed by atoms with E-state index in [2.05, 4.69) is 114 Å². The van der Waals surface area contributed by atoms with Crippen molar-refractivity contribution in [2.75, 3.05) is 4.90 Å². The maximum Gasteiger partial charge on any atom is 0.307 e. The zero-order chi connectivity index (χ0) is 25.8. The van der Waals surface area contributed by atoms with Crippen LogP contribution in [0.2, 0.25) is 0 Å². The van der Waals surface area contributed by atoms with Crippen LogP contribution in [-0.2, 0) is 6.42 Å². The zero-order valence-corrected chi connectivity index (χ0v) is 22.0. The van der Waals surface area contributed by atoms with Crippen LogP contribution >= 0.6 is 11.3 Å². The Morgan fingerprint density at radius 1 is 0.692 bits per heavy atom. The van der Waals surface area contributed by atoms with Gasteiger partial charge in [-0.15, -0.1) is 11.3 Å². The van der Waals surface area contributed by atoms with Crippen molar-refractivity contribution < 1.29 is 4.42 Å². The number of fused-ring (bicyclic) bond motifs is 6. The molecule has 186 valence electrons. The first-order chi connectivity index (χ1) is 19.3. The highest BCUT2D eigenvalue weighted by Crippen LogP contribution is 2.42. The van der Waals surface area contributed by atoms with E-state index >= 15 is 0 Å². The minimum Gasteiger partial charge on any atom is -0.423 e. The van der Waals surface area contributed by atoms with Gasteiger partial charge < -0.3 is 4.42 Å². The number of oxazole rings is 1. The standard InChI is InChI=1S/C35H24N2OS/c1-2-8-23(9-3-1)24-14-17-26(18-15-24)37(27-19-21-33-30(22-27)29-12-6-7-13-32(29)39-33)35-36-34-28-11-5-4-10-25(28)16-20-31(34)38-35/h1-4,6-10,12-22H,5,11H2. The second-order valence-electron chi connectivity index (χ2n) is 9.94. The van der Waals surface area contributed by atoms with Gasteiger partial charge in [-0.3, -0.25) is 4.90 Å². The molecule has 0 N–H and O–H groups in total. The molecule has 8 rings (SSSR count). The molecule has 4 heteroatoms. The molecule has 2 heterocycles. The van der Waals surface area contributed by atoms with Crippen LogP contribution in [0.25, 0.3) is 48.5 Å². The van der Waals surface area contributed by atoms with Gasteiger partial charge in [-0.1, -0.05) is 78.9 Å². The smallest absolute Gasteiger partial charge is 0.307 e. The third-order valence-electron chi connectivity index (χ3n) is 7.59. The summed E-state index contributed by atoms with van der Waals surface area (Å²) in [6, 6.07) is 39.2. The van der Waals surface area contributed by atoms with Crippen LogP contribution in [0.4, 0.5) is 17.4 Å². The van der Waals surface area contributed by atoms with E-state index in [-0.39, 0.29) is 0 Å². The molecule has 0 saturated heterocycles. The number of thiophene rings is 1. The molecule has 0 fully saturated rings. The van der Waals surface area contributed by atoms with E-state index in [1.54, 1.807) is 0 Å². The molecule has 1 aliphatic carbocycles. The molecule has 0 atom stereocenters. The Morgan fingerprint density at radius 3 is 2.36 bits per heavy atom. The van der Waals surface area contributed by atoms with Crippen LogP contribution in [0.1, 0.15) is 17.5 Å². The number of benzene rings is 5. The van der Waals surface area contributed by atoms with E-state index in [0.717, 1.165) is 35.3 Å². The van der Waals surface area contributed by atoms with Gasteiger partial charge in [-0.25, -0.2) is 0 Å². The lowest BCUT2D eigenvalue weighted by molar-refractivity contribution is 0.608. The number of allylic oxidation sites excluding steroid dienone is 1. The van der Waals surface area contributed by atoms with Gasteiger partial charge in [0.05, 0.1) is 11.4 Å². The van der Waals surface area contributed by atoms with Gasteiger partial charge in [0.1, 0.15) is 5.52 Å². The van der Waals surface area contributed by atoms with Crippen LogP contribution in [0.3, 0.4) is 0 Å². The van der Waals surface area contributed by atoms with E-state index in [9.17, 15) is 0 Å². The van der Waals surface area contributed by atoms with Crippen LogP contribution in [0, 0.1) is 0 Å². The second-order valence-corrected chi connectivity index (χ2v) is 11.0. The fourth-order valence-corrected chi connectivity index (χ4v) is 6.75. The Kier molecular flexibility index (Phi) is 5.13. The quantitative estimate of drug-likeness (QED) is 0.231. The third-order valence-corrected chi connectivity index (χ3v) is 8.74. The Labute approximate surface area is 230 Å². The first-order valence-corrected chi connectivity index (χ1v) is 14.1. The van der Waals surface area contributed by atoms with Crippen LogP contribution in [-0.4, -0.2) is 4.98 Å². The molecule has 0 bridgehead atoms. The Bertz CT molecular complexity index is 2020. The molecule has 0 amide bonds. The Morgan fingerprint density at radius 2 is 1.46 bits per heavy atom. The van der Waals surface area contributed by atoms with E-state index < -0.39 is 0 Å². The van der Waals surface area contributed by atoms with Gasteiger partial charge in [0.25, 0.3) is 0 Å². The predicted molar refractivity (Wildman–Crippen MR) is 164 cm³/mol. The zero-order valence-electron chi connectivity index (χ0n) is 21.2. The summed E-state index contributed by atoms with van der Waals surface area (Å²) >= 11 is 1.83. The van der Waals surface area contributed by atoms with Crippen molar-refractivity contribution in [2.24, 2.45) is 0 Å².